The highest BCUT2D eigenvalue weighted by Crippen LogP contribution is 2.30. The van der Waals surface area contributed by atoms with Gasteiger partial charge in [-0.2, -0.15) is 0 Å². The van der Waals surface area contributed by atoms with Gasteiger partial charge in [0.2, 0.25) is 6.29 Å². The van der Waals surface area contributed by atoms with E-state index in [-0.39, 0.29) is 11.5 Å². The predicted octanol–water partition coefficient (Wildman–Crippen LogP) is -1.36. The number of carbonyl (C=O) groups is 1. The normalized spacial score (nSPS) is 38.6. The van der Waals surface area contributed by atoms with Crippen LogP contribution in [0.2, 0.25) is 0 Å². The molecule has 190 valence electrons. The topological polar surface area (TPSA) is 185 Å². The van der Waals surface area contributed by atoms with Crippen LogP contribution in [0, 0.1) is 0 Å². The molecular weight excluding hydrogens is 456 g/mol. The summed E-state index contributed by atoms with van der Waals surface area (Å²) in [4.78, 5) is 12.2. The smallest absolute Gasteiger partial charge is 0.333 e. The number of esters is 1. The van der Waals surface area contributed by atoms with Gasteiger partial charge in [-0.1, -0.05) is 6.07 Å². The summed E-state index contributed by atoms with van der Waals surface area (Å²) in [5.74, 6) is -0.716. The second-order valence-corrected chi connectivity index (χ2v) is 8.17. The molecule has 0 aliphatic carbocycles. The monoisotopic (exact) mass is 486 g/mol. The number of ether oxygens (including phenoxy) is 5. The third-order valence-corrected chi connectivity index (χ3v) is 5.72. The number of phenolic OH excluding ortho intramolecular Hbond substituents is 1. The lowest BCUT2D eigenvalue weighted by molar-refractivity contribution is -0.348. The van der Waals surface area contributed by atoms with Gasteiger partial charge in [-0.25, -0.2) is 4.79 Å². The molecule has 0 radical (unpaired) electrons. The molecule has 12 nitrogen and oxygen atoms in total. The molecule has 0 saturated carbocycles. The van der Waals surface area contributed by atoms with Gasteiger partial charge >= 0.3 is 5.97 Å². The fraction of sp³-hybridized carbons (Fsp3) is 0.591. The van der Waals surface area contributed by atoms with Gasteiger partial charge in [0, 0.05) is 6.08 Å². The van der Waals surface area contributed by atoms with Crippen molar-refractivity contribution in [1.29, 1.82) is 0 Å². The average Bonchev–Trinajstić information content (AvgIpc) is 2.81. The summed E-state index contributed by atoms with van der Waals surface area (Å²) in [6.07, 6.45) is -11.2. The first kappa shape index (κ1) is 26.3. The van der Waals surface area contributed by atoms with Gasteiger partial charge in [0.05, 0.1) is 19.3 Å². The van der Waals surface area contributed by atoms with Gasteiger partial charge in [-0.3, -0.25) is 0 Å². The SMILES string of the molecule is COc1cc(/C=C/C(=O)O[C@@H]2OC(C)[C@H](O[C@@H]3OC(C)[C@H](O)C(O)C3O)C(O)[C@@H]2O)ccc1O. The van der Waals surface area contributed by atoms with Gasteiger partial charge in [-0.15, -0.1) is 0 Å². The van der Waals surface area contributed by atoms with Crippen LogP contribution in [0.3, 0.4) is 0 Å². The Hall–Kier alpha value is -2.29. The van der Waals surface area contributed by atoms with Crippen LogP contribution < -0.4 is 4.74 Å². The number of aliphatic hydroxyl groups excluding tert-OH is 5. The molecule has 2 heterocycles. The Kier molecular flexibility index (Phi) is 8.49. The number of carbonyl (C=O) groups excluding carboxylic acids is 1. The van der Waals surface area contributed by atoms with Crippen molar-refractivity contribution in [3.8, 4) is 11.5 Å². The first-order valence-corrected chi connectivity index (χ1v) is 10.7. The van der Waals surface area contributed by atoms with E-state index in [1.807, 2.05) is 0 Å². The van der Waals surface area contributed by atoms with Crippen molar-refractivity contribution in [2.45, 2.75) is 75.3 Å². The molecule has 2 aliphatic heterocycles. The molecule has 0 aromatic heterocycles. The Morgan fingerprint density at radius 1 is 0.912 bits per heavy atom. The second kappa shape index (κ2) is 11.0. The number of aliphatic hydroxyl groups is 5. The highest BCUT2D eigenvalue weighted by Gasteiger charge is 2.49. The van der Waals surface area contributed by atoms with Crippen molar-refractivity contribution in [1.82, 2.24) is 0 Å². The highest BCUT2D eigenvalue weighted by molar-refractivity contribution is 5.87. The van der Waals surface area contributed by atoms with Crippen LogP contribution in [0.25, 0.3) is 6.08 Å². The van der Waals surface area contributed by atoms with E-state index >= 15 is 0 Å². The molecule has 2 fully saturated rings. The Balaban J connectivity index is 1.60. The van der Waals surface area contributed by atoms with E-state index in [0.717, 1.165) is 6.08 Å². The lowest BCUT2D eigenvalue weighted by atomic mass is 9.97. The summed E-state index contributed by atoms with van der Waals surface area (Å²) >= 11 is 0. The maximum atomic E-state index is 12.2. The number of hydrogen-bond acceptors (Lipinski definition) is 12. The van der Waals surface area contributed by atoms with Gasteiger partial charge in [-0.05, 0) is 37.6 Å². The second-order valence-electron chi connectivity index (χ2n) is 8.17. The average molecular weight is 486 g/mol. The van der Waals surface area contributed by atoms with E-state index < -0.39 is 67.4 Å². The van der Waals surface area contributed by atoms with Crippen molar-refractivity contribution < 1.29 is 59.1 Å². The molecule has 10 atom stereocenters. The van der Waals surface area contributed by atoms with Crippen molar-refractivity contribution in [2.75, 3.05) is 7.11 Å². The first-order chi connectivity index (χ1) is 16.0. The van der Waals surface area contributed by atoms with Crippen LogP contribution in [-0.2, 0) is 23.7 Å². The summed E-state index contributed by atoms with van der Waals surface area (Å²) < 4.78 is 26.5. The minimum atomic E-state index is -1.69. The zero-order valence-corrected chi connectivity index (χ0v) is 18.8. The van der Waals surface area contributed by atoms with E-state index in [4.69, 9.17) is 23.7 Å². The Bertz CT molecular complexity index is 875. The standard InChI is InChI=1S/C22H30O12/c1-9-15(25)16(26)18(28)22(31-9)34-20-10(2)32-21(19(29)17(20)27)33-14(24)7-5-11-4-6-12(23)13(8-11)30-3/h4-10,15-23,25-29H,1-3H3/b7-5+/t9?,10?,15-,16?,17?,18?,19-,20-,21-,22-/m0/s1. The summed E-state index contributed by atoms with van der Waals surface area (Å²) in [7, 11) is 1.38. The van der Waals surface area contributed by atoms with Crippen molar-refractivity contribution in [3.63, 3.8) is 0 Å². The summed E-state index contributed by atoms with van der Waals surface area (Å²) in [5, 5.41) is 60.4. The number of aromatic hydroxyl groups is 1. The van der Waals surface area contributed by atoms with Crippen LogP contribution in [-0.4, -0.2) is 105 Å². The summed E-state index contributed by atoms with van der Waals surface area (Å²) in [5.41, 5.74) is 0.533. The lowest BCUT2D eigenvalue weighted by Crippen LogP contribution is -2.63. The van der Waals surface area contributed by atoms with Crippen molar-refractivity contribution in [2.24, 2.45) is 0 Å². The third-order valence-electron chi connectivity index (χ3n) is 5.72. The molecule has 34 heavy (non-hydrogen) atoms. The number of rotatable bonds is 6. The zero-order chi connectivity index (χ0) is 25.2. The largest absolute Gasteiger partial charge is 0.504 e. The molecule has 0 bridgehead atoms. The maximum Gasteiger partial charge on any atom is 0.333 e. The van der Waals surface area contributed by atoms with E-state index in [1.165, 1.54) is 39.2 Å². The van der Waals surface area contributed by atoms with Crippen LogP contribution >= 0.6 is 0 Å². The summed E-state index contributed by atoms with van der Waals surface area (Å²) in [6, 6.07) is 4.43. The first-order valence-electron chi connectivity index (χ1n) is 10.7. The lowest BCUT2D eigenvalue weighted by Gasteiger charge is -2.45. The fourth-order valence-electron chi connectivity index (χ4n) is 3.69. The molecule has 2 aliphatic rings. The van der Waals surface area contributed by atoms with E-state index in [0.29, 0.717) is 5.56 Å². The number of phenols is 1. The predicted molar refractivity (Wildman–Crippen MR) is 113 cm³/mol. The molecule has 0 amide bonds. The molecule has 2 saturated heterocycles. The Morgan fingerprint density at radius 2 is 1.56 bits per heavy atom. The van der Waals surface area contributed by atoms with Crippen LogP contribution in [0.5, 0.6) is 11.5 Å². The summed E-state index contributed by atoms with van der Waals surface area (Å²) in [6.45, 7) is 2.96. The van der Waals surface area contributed by atoms with Gasteiger partial charge < -0.3 is 54.3 Å². The van der Waals surface area contributed by atoms with Crippen LogP contribution in [0.15, 0.2) is 24.3 Å². The third kappa shape index (κ3) is 5.67. The molecule has 1 aromatic carbocycles. The van der Waals surface area contributed by atoms with E-state index in [1.54, 1.807) is 6.07 Å². The van der Waals surface area contributed by atoms with Crippen LogP contribution in [0.4, 0.5) is 0 Å². The van der Waals surface area contributed by atoms with E-state index in [2.05, 4.69) is 0 Å². The highest BCUT2D eigenvalue weighted by atomic mass is 16.7. The minimum Gasteiger partial charge on any atom is -0.504 e. The van der Waals surface area contributed by atoms with Gasteiger partial charge in [0.15, 0.2) is 17.8 Å². The van der Waals surface area contributed by atoms with Gasteiger partial charge in [0.25, 0.3) is 0 Å². The molecular formula is C22H30O12. The van der Waals surface area contributed by atoms with Gasteiger partial charge in [0.1, 0.15) is 36.6 Å². The number of methoxy groups -OCH3 is 1. The quantitative estimate of drug-likeness (QED) is 0.205. The molecule has 12 heteroatoms. The van der Waals surface area contributed by atoms with Crippen molar-refractivity contribution >= 4 is 12.0 Å². The molecule has 3 rings (SSSR count). The minimum absolute atomic E-state index is 0.0630. The van der Waals surface area contributed by atoms with Crippen molar-refractivity contribution in [3.05, 3.63) is 29.8 Å². The fourth-order valence-corrected chi connectivity index (χ4v) is 3.69. The number of hydrogen-bond donors (Lipinski definition) is 6. The Labute approximate surface area is 195 Å². The zero-order valence-electron chi connectivity index (χ0n) is 18.8. The maximum absolute atomic E-state index is 12.2. The molecule has 0 spiro atoms. The number of benzene rings is 1. The molecule has 5 unspecified atom stereocenters. The van der Waals surface area contributed by atoms with E-state index in [9.17, 15) is 35.4 Å². The molecule has 6 N–H and O–H groups in total. The Morgan fingerprint density at radius 3 is 2.24 bits per heavy atom. The molecule has 1 aromatic rings. The van der Waals surface area contributed by atoms with Crippen LogP contribution in [0.1, 0.15) is 19.4 Å².